The Bertz CT molecular complexity index is 324. The summed E-state index contributed by atoms with van der Waals surface area (Å²) in [6, 6.07) is 0.659. The summed E-state index contributed by atoms with van der Waals surface area (Å²) in [6.07, 6.45) is 2.17. The van der Waals surface area contributed by atoms with Crippen molar-refractivity contribution in [3.05, 3.63) is 5.89 Å². The van der Waals surface area contributed by atoms with E-state index < -0.39 is 0 Å². The van der Waals surface area contributed by atoms with Gasteiger partial charge in [-0.05, 0) is 12.8 Å². The third kappa shape index (κ3) is 2.42. The van der Waals surface area contributed by atoms with Crippen molar-refractivity contribution in [2.45, 2.75) is 18.8 Å². The molecule has 2 aliphatic rings. The molecule has 6 nitrogen and oxygen atoms in total. The lowest BCUT2D eigenvalue weighted by Gasteiger charge is -2.25. The van der Waals surface area contributed by atoms with Crippen LogP contribution in [0.4, 0.5) is 6.01 Å². The van der Waals surface area contributed by atoms with Crippen LogP contribution in [0.25, 0.3) is 0 Å². The summed E-state index contributed by atoms with van der Waals surface area (Å²) in [5.41, 5.74) is 0. The van der Waals surface area contributed by atoms with Crippen LogP contribution in [0.3, 0.4) is 0 Å². The molecule has 2 saturated heterocycles. The van der Waals surface area contributed by atoms with Crippen LogP contribution >= 0.6 is 0 Å². The Morgan fingerprint density at radius 2 is 2.12 bits per heavy atom. The van der Waals surface area contributed by atoms with Gasteiger partial charge in [-0.1, -0.05) is 5.10 Å². The number of hydrogen-bond donors (Lipinski definition) is 1. The summed E-state index contributed by atoms with van der Waals surface area (Å²) in [4.78, 5) is 2.14. The lowest BCUT2D eigenvalue weighted by molar-refractivity contribution is 0.0726. The van der Waals surface area contributed by atoms with Gasteiger partial charge in [0.2, 0.25) is 5.89 Å². The highest BCUT2D eigenvalue weighted by atomic mass is 16.5. The SMILES string of the molecule is C1COCC(c2nnc(N3CCNCC3)o2)C1. The number of aromatic nitrogens is 2. The van der Waals surface area contributed by atoms with E-state index in [4.69, 9.17) is 9.15 Å². The second-order valence-corrected chi connectivity index (χ2v) is 4.57. The molecule has 94 valence electrons. The van der Waals surface area contributed by atoms with Gasteiger partial charge >= 0.3 is 6.01 Å². The van der Waals surface area contributed by atoms with E-state index >= 15 is 0 Å². The van der Waals surface area contributed by atoms with Crippen molar-refractivity contribution in [2.24, 2.45) is 0 Å². The summed E-state index contributed by atoms with van der Waals surface area (Å²) in [5.74, 6) is 1.02. The van der Waals surface area contributed by atoms with Crippen molar-refractivity contribution in [2.75, 3.05) is 44.3 Å². The van der Waals surface area contributed by atoms with Gasteiger partial charge in [0, 0.05) is 32.8 Å². The summed E-state index contributed by atoms with van der Waals surface area (Å²) in [6.45, 7) is 5.39. The Kier molecular flexibility index (Phi) is 3.24. The molecule has 0 radical (unpaired) electrons. The molecule has 1 aromatic heterocycles. The van der Waals surface area contributed by atoms with Crippen LogP contribution in [-0.4, -0.2) is 49.6 Å². The summed E-state index contributed by atoms with van der Waals surface area (Å²) in [5, 5.41) is 11.6. The number of rotatable bonds is 2. The van der Waals surface area contributed by atoms with E-state index in [1.807, 2.05) is 0 Å². The molecule has 6 heteroatoms. The molecule has 0 aliphatic carbocycles. The maximum atomic E-state index is 5.76. The van der Waals surface area contributed by atoms with Gasteiger partial charge in [-0.2, -0.15) is 0 Å². The van der Waals surface area contributed by atoms with Crippen molar-refractivity contribution >= 4 is 6.01 Å². The molecule has 0 aromatic carbocycles. The molecule has 0 spiro atoms. The first kappa shape index (κ1) is 11.0. The maximum Gasteiger partial charge on any atom is 0.318 e. The molecule has 1 unspecified atom stereocenters. The Hall–Kier alpha value is -1.14. The van der Waals surface area contributed by atoms with Crippen LogP contribution < -0.4 is 10.2 Å². The zero-order chi connectivity index (χ0) is 11.5. The molecule has 1 aromatic rings. The minimum atomic E-state index is 0.285. The zero-order valence-electron chi connectivity index (χ0n) is 9.89. The highest BCUT2D eigenvalue weighted by molar-refractivity contribution is 5.25. The molecule has 17 heavy (non-hydrogen) atoms. The average Bonchev–Trinajstić information content (AvgIpc) is 2.90. The van der Waals surface area contributed by atoms with Gasteiger partial charge in [0.25, 0.3) is 0 Å². The quantitative estimate of drug-likeness (QED) is 0.803. The van der Waals surface area contributed by atoms with E-state index in [1.165, 1.54) is 0 Å². The molecule has 1 atom stereocenters. The Labute approximate surface area is 100 Å². The van der Waals surface area contributed by atoms with Crippen molar-refractivity contribution in [3.8, 4) is 0 Å². The molecule has 0 bridgehead atoms. The fourth-order valence-corrected chi connectivity index (χ4v) is 2.31. The minimum Gasteiger partial charge on any atom is -0.408 e. The number of nitrogens with one attached hydrogen (secondary N) is 1. The molecule has 1 N–H and O–H groups in total. The van der Waals surface area contributed by atoms with E-state index in [9.17, 15) is 0 Å². The molecular weight excluding hydrogens is 220 g/mol. The number of nitrogens with zero attached hydrogens (tertiary/aromatic N) is 3. The Morgan fingerprint density at radius 1 is 1.24 bits per heavy atom. The first-order valence-corrected chi connectivity index (χ1v) is 6.30. The van der Waals surface area contributed by atoms with Crippen molar-refractivity contribution in [1.29, 1.82) is 0 Å². The summed E-state index contributed by atoms with van der Waals surface area (Å²) < 4.78 is 11.2. The molecule has 2 aliphatic heterocycles. The van der Waals surface area contributed by atoms with E-state index in [0.717, 1.165) is 51.5 Å². The summed E-state index contributed by atoms with van der Waals surface area (Å²) >= 11 is 0. The lowest BCUT2D eigenvalue weighted by atomic mass is 10.0. The molecule has 3 heterocycles. The molecule has 0 amide bonds. The van der Waals surface area contributed by atoms with E-state index in [0.29, 0.717) is 12.6 Å². The van der Waals surface area contributed by atoms with E-state index in [-0.39, 0.29) is 5.92 Å². The highest BCUT2D eigenvalue weighted by Gasteiger charge is 2.24. The molecular formula is C11H18N4O2. The van der Waals surface area contributed by atoms with Gasteiger partial charge in [-0.15, -0.1) is 5.10 Å². The second kappa shape index (κ2) is 5.01. The smallest absolute Gasteiger partial charge is 0.318 e. The fraction of sp³-hybridized carbons (Fsp3) is 0.818. The highest BCUT2D eigenvalue weighted by Crippen LogP contribution is 2.26. The third-order valence-corrected chi connectivity index (χ3v) is 3.33. The van der Waals surface area contributed by atoms with Crippen molar-refractivity contribution in [1.82, 2.24) is 15.5 Å². The van der Waals surface area contributed by atoms with E-state index in [1.54, 1.807) is 0 Å². The van der Waals surface area contributed by atoms with Gasteiger partial charge in [0.05, 0.1) is 12.5 Å². The van der Waals surface area contributed by atoms with Gasteiger partial charge in [0.1, 0.15) is 0 Å². The summed E-state index contributed by atoms with van der Waals surface area (Å²) in [7, 11) is 0. The monoisotopic (exact) mass is 238 g/mol. The van der Waals surface area contributed by atoms with Gasteiger partial charge in [0.15, 0.2) is 0 Å². The number of hydrogen-bond acceptors (Lipinski definition) is 6. The van der Waals surface area contributed by atoms with Crippen LogP contribution in [0.2, 0.25) is 0 Å². The predicted octanol–water partition coefficient (Wildman–Crippen LogP) is 0.373. The average molecular weight is 238 g/mol. The molecule has 2 fully saturated rings. The van der Waals surface area contributed by atoms with Crippen LogP contribution in [0, 0.1) is 0 Å². The first-order chi connectivity index (χ1) is 8.43. The van der Waals surface area contributed by atoms with Gasteiger partial charge in [-0.3, -0.25) is 0 Å². The normalized spacial score (nSPS) is 26.1. The Morgan fingerprint density at radius 3 is 2.88 bits per heavy atom. The third-order valence-electron chi connectivity index (χ3n) is 3.33. The minimum absolute atomic E-state index is 0.285. The Balaban J connectivity index is 1.68. The van der Waals surface area contributed by atoms with Crippen molar-refractivity contribution < 1.29 is 9.15 Å². The number of ether oxygens (including phenoxy) is 1. The molecule has 0 saturated carbocycles. The van der Waals surface area contributed by atoms with Crippen LogP contribution in [-0.2, 0) is 4.74 Å². The topological polar surface area (TPSA) is 63.4 Å². The largest absolute Gasteiger partial charge is 0.408 e. The lowest BCUT2D eigenvalue weighted by Crippen LogP contribution is -2.43. The van der Waals surface area contributed by atoms with Crippen molar-refractivity contribution in [3.63, 3.8) is 0 Å². The number of piperazine rings is 1. The standard InChI is InChI=1S/C11H18N4O2/c1-2-9(8-16-7-1)10-13-14-11(17-10)15-5-3-12-4-6-15/h9,12H,1-8H2. The number of anilines is 1. The maximum absolute atomic E-state index is 5.76. The van der Waals surface area contributed by atoms with Crippen LogP contribution in [0.1, 0.15) is 24.7 Å². The molecule has 3 rings (SSSR count). The van der Waals surface area contributed by atoms with Crippen LogP contribution in [0.15, 0.2) is 4.42 Å². The van der Waals surface area contributed by atoms with Gasteiger partial charge in [-0.25, -0.2) is 0 Å². The first-order valence-electron chi connectivity index (χ1n) is 6.30. The second-order valence-electron chi connectivity index (χ2n) is 4.57. The van der Waals surface area contributed by atoms with E-state index in [2.05, 4.69) is 20.4 Å². The zero-order valence-corrected chi connectivity index (χ0v) is 9.89. The fourth-order valence-electron chi connectivity index (χ4n) is 2.31. The van der Waals surface area contributed by atoms with Crippen LogP contribution in [0.5, 0.6) is 0 Å². The van der Waals surface area contributed by atoms with Gasteiger partial charge < -0.3 is 19.4 Å². The predicted molar refractivity (Wildman–Crippen MR) is 62.2 cm³/mol.